The molecule has 10 nitrogen and oxygen atoms in total. The van der Waals surface area contributed by atoms with Crippen LogP contribution in [0.5, 0.6) is 0 Å². The van der Waals surface area contributed by atoms with E-state index in [-0.39, 0.29) is 12.6 Å². The minimum atomic E-state index is -0.733. The molecule has 0 radical (unpaired) electrons. The van der Waals surface area contributed by atoms with Crippen molar-refractivity contribution in [3.63, 3.8) is 0 Å². The molecule has 1 unspecified atom stereocenters. The zero-order valence-electron chi connectivity index (χ0n) is 15.8. The molecule has 1 amide bonds. The Kier molecular flexibility index (Phi) is 5.73. The highest BCUT2D eigenvalue weighted by Gasteiger charge is 2.30. The number of aromatic nitrogens is 3. The van der Waals surface area contributed by atoms with Gasteiger partial charge < -0.3 is 20.2 Å². The fourth-order valence-electron chi connectivity index (χ4n) is 3.09. The molecule has 150 valence electrons. The lowest BCUT2D eigenvalue weighted by Crippen LogP contribution is -2.21. The summed E-state index contributed by atoms with van der Waals surface area (Å²) in [6, 6.07) is 0. The normalized spacial score (nSPS) is 15.9. The van der Waals surface area contributed by atoms with E-state index in [1.54, 1.807) is 13.8 Å². The topological polar surface area (TPSA) is 129 Å². The van der Waals surface area contributed by atoms with Gasteiger partial charge in [0.05, 0.1) is 11.7 Å². The van der Waals surface area contributed by atoms with Gasteiger partial charge in [-0.15, -0.1) is 11.3 Å². The first-order chi connectivity index (χ1) is 13.2. The molecule has 1 aliphatic rings. The highest BCUT2D eigenvalue weighted by molar-refractivity contribution is 7.17. The summed E-state index contributed by atoms with van der Waals surface area (Å²) < 4.78 is 6.45. The maximum absolute atomic E-state index is 12.6. The maximum Gasteiger partial charge on any atom is 0.490 e. The molecule has 2 heterocycles. The number of nitro groups is 1. The lowest BCUT2D eigenvalue weighted by atomic mass is 9.88. The number of thiophene rings is 1. The van der Waals surface area contributed by atoms with Crippen molar-refractivity contribution in [3.05, 3.63) is 32.4 Å². The van der Waals surface area contributed by atoms with Gasteiger partial charge >= 0.3 is 11.9 Å². The van der Waals surface area contributed by atoms with Gasteiger partial charge in [0.2, 0.25) is 12.2 Å². The Hall–Kier alpha value is -2.82. The van der Waals surface area contributed by atoms with E-state index in [0.717, 1.165) is 40.7 Å². The molecule has 0 saturated heterocycles. The summed E-state index contributed by atoms with van der Waals surface area (Å²) in [5, 5.41) is 17.5. The van der Waals surface area contributed by atoms with E-state index < -0.39 is 22.7 Å². The van der Waals surface area contributed by atoms with Crippen molar-refractivity contribution in [2.75, 3.05) is 5.32 Å². The van der Waals surface area contributed by atoms with Crippen molar-refractivity contribution >= 4 is 34.2 Å². The second-order valence-electron chi connectivity index (χ2n) is 7.06. The van der Waals surface area contributed by atoms with Crippen LogP contribution in [0.1, 0.15) is 48.0 Å². The molecule has 1 N–H and O–H groups in total. The number of esters is 1. The Bertz CT molecular complexity index is 919. The number of amides is 1. The molecule has 28 heavy (non-hydrogen) atoms. The summed E-state index contributed by atoms with van der Waals surface area (Å²) >= 11 is 1.38. The van der Waals surface area contributed by atoms with Crippen LogP contribution in [0.3, 0.4) is 0 Å². The molecular formula is C17H21N5O5S. The van der Waals surface area contributed by atoms with E-state index in [1.807, 2.05) is 0 Å². The van der Waals surface area contributed by atoms with E-state index in [1.165, 1.54) is 11.3 Å². The van der Waals surface area contributed by atoms with Gasteiger partial charge in [0.15, 0.2) is 0 Å². The Balaban J connectivity index is 1.82. The summed E-state index contributed by atoms with van der Waals surface area (Å²) in [4.78, 5) is 39.6. The largest absolute Gasteiger partial charge is 0.490 e. The van der Waals surface area contributed by atoms with Crippen LogP contribution in [0.15, 0.2) is 6.33 Å². The average Bonchev–Trinajstić information content (AvgIpc) is 3.17. The Morgan fingerprint density at radius 1 is 1.50 bits per heavy atom. The van der Waals surface area contributed by atoms with Gasteiger partial charge in [-0.25, -0.2) is 4.79 Å². The van der Waals surface area contributed by atoms with Gasteiger partial charge in [0, 0.05) is 9.98 Å². The van der Waals surface area contributed by atoms with E-state index >= 15 is 0 Å². The van der Waals surface area contributed by atoms with Gasteiger partial charge in [-0.3, -0.25) is 4.79 Å². The monoisotopic (exact) mass is 407 g/mol. The van der Waals surface area contributed by atoms with Crippen LogP contribution >= 0.6 is 11.3 Å². The van der Waals surface area contributed by atoms with Crippen molar-refractivity contribution in [1.82, 2.24) is 14.8 Å². The van der Waals surface area contributed by atoms with Crippen molar-refractivity contribution < 1.29 is 19.2 Å². The molecule has 0 fully saturated rings. The molecule has 2 aromatic rings. The number of hydrogen-bond acceptors (Lipinski definition) is 8. The van der Waals surface area contributed by atoms with Gasteiger partial charge in [-0.1, -0.05) is 11.9 Å². The lowest BCUT2D eigenvalue weighted by Gasteiger charge is -2.18. The van der Waals surface area contributed by atoms with Crippen molar-refractivity contribution in [1.29, 1.82) is 0 Å². The fourth-order valence-corrected chi connectivity index (χ4v) is 4.50. The molecule has 1 aliphatic carbocycles. The Morgan fingerprint density at radius 3 is 2.89 bits per heavy atom. The van der Waals surface area contributed by atoms with E-state index in [9.17, 15) is 19.7 Å². The number of hydrogen-bond donors (Lipinski definition) is 1. The standard InChI is InChI=1S/C17H21N5O5S/c1-9(2)27-16(24)14-11-5-4-10(3)6-12(11)28-15(14)19-13(23)7-21-8-18-17(20-21)22(25)26/h8-10H,4-7H2,1-3H3,(H,19,23). The molecule has 0 aliphatic heterocycles. The molecule has 0 spiro atoms. The van der Waals surface area contributed by atoms with Crippen LogP contribution < -0.4 is 5.32 Å². The quantitative estimate of drug-likeness (QED) is 0.442. The van der Waals surface area contributed by atoms with Gasteiger partial charge in [0.1, 0.15) is 11.5 Å². The average molecular weight is 407 g/mol. The molecule has 11 heteroatoms. The minimum Gasteiger partial charge on any atom is -0.459 e. The smallest absolute Gasteiger partial charge is 0.459 e. The molecule has 1 atom stereocenters. The Labute approximate surface area is 165 Å². The third kappa shape index (κ3) is 4.35. The molecule has 2 aromatic heterocycles. The van der Waals surface area contributed by atoms with Crippen LogP contribution in [-0.2, 0) is 28.9 Å². The molecule has 0 saturated carbocycles. The van der Waals surface area contributed by atoms with Crippen LogP contribution in [0.4, 0.5) is 10.9 Å². The predicted octanol–water partition coefficient (Wildman–Crippen LogP) is 2.58. The third-order valence-electron chi connectivity index (χ3n) is 4.30. The van der Waals surface area contributed by atoms with Crippen molar-refractivity contribution in [3.8, 4) is 0 Å². The summed E-state index contributed by atoms with van der Waals surface area (Å²) in [6.45, 7) is 5.45. The summed E-state index contributed by atoms with van der Waals surface area (Å²) in [5.41, 5.74) is 1.36. The second-order valence-corrected chi connectivity index (χ2v) is 8.16. The molecule has 0 bridgehead atoms. The van der Waals surface area contributed by atoms with E-state index in [0.29, 0.717) is 16.5 Å². The highest BCUT2D eigenvalue weighted by atomic mass is 32.1. The summed E-state index contributed by atoms with van der Waals surface area (Å²) in [6.07, 6.45) is 3.44. The van der Waals surface area contributed by atoms with E-state index in [2.05, 4.69) is 22.3 Å². The summed E-state index contributed by atoms with van der Waals surface area (Å²) in [7, 11) is 0. The summed E-state index contributed by atoms with van der Waals surface area (Å²) in [5.74, 6) is -0.965. The fraction of sp³-hybridized carbons (Fsp3) is 0.529. The van der Waals surface area contributed by atoms with E-state index in [4.69, 9.17) is 4.74 Å². The first-order valence-corrected chi connectivity index (χ1v) is 9.75. The number of anilines is 1. The molecule has 0 aromatic carbocycles. The second kappa shape index (κ2) is 8.05. The van der Waals surface area contributed by atoms with Crippen LogP contribution in [0.2, 0.25) is 0 Å². The lowest BCUT2D eigenvalue weighted by molar-refractivity contribution is -0.394. The predicted molar refractivity (Wildman–Crippen MR) is 101 cm³/mol. The molecular weight excluding hydrogens is 386 g/mol. The van der Waals surface area contributed by atoms with Gasteiger partial charge in [0.25, 0.3) is 0 Å². The van der Waals surface area contributed by atoms with Crippen LogP contribution in [0.25, 0.3) is 0 Å². The zero-order chi connectivity index (χ0) is 20.4. The number of nitrogens with zero attached hydrogens (tertiary/aromatic N) is 4. The number of rotatable bonds is 6. The number of ether oxygens (including phenoxy) is 1. The van der Waals surface area contributed by atoms with Gasteiger partial charge in [-0.2, -0.15) is 4.68 Å². The zero-order valence-corrected chi connectivity index (χ0v) is 16.6. The number of fused-ring (bicyclic) bond motifs is 1. The van der Waals surface area contributed by atoms with Crippen molar-refractivity contribution in [2.45, 2.75) is 52.7 Å². The van der Waals surface area contributed by atoms with Gasteiger partial charge in [-0.05, 0) is 49.5 Å². The van der Waals surface area contributed by atoms with Crippen LogP contribution in [-0.4, -0.2) is 37.7 Å². The highest BCUT2D eigenvalue weighted by Crippen LogP contribution is 2.40. The minimum absolute atomic E-state index is 0.252. The third-order valence-corrected chi connectivity index (χ3v) is 5.47. The number of carbonyl (C=O) groups excluding carboxylic acids is 2. The first kappa shape index (κ1) is 19.9. The SMILES string of the molecule is CC1CCc2c(sc(NC(=O)Cn3cnc([N+](=O)[O-])n3)c2C(=O)OC(C)C)C1. The number of carbonyl (C=O) groups is 2. The van der Waals surface area contributed by atoms with Crippen molar-refractivity contribution in [2.24, 2.45) is 5.92 Å². The maximum atomic E-state index is 12.6. The molecule has 3 rings (SSSR count). The van der Waals surface area contributed by atoms with Crippen LogP contribution in [0, 0.1) is 16.0 Å². The number of nitrogens with one attached hydrogen (secondary N) is 1. The first-order valence-electron chi connectivity index (χ1n) is 8.93. The Morgan fingerprint density at radius 2 is 2.25 bits per heavy atom.